The summed E-state index contributed by atoms with van der Waals surface area (Å²) in [6.07, 6.45) is 1.90. The summed E-state index contributed by atoms with van der Waals surface area (Å²) < 4.78 is 5.52. The molecule has 0 heterocycles. The van der Waals surface area contributed by atoms with Crippen molar-refractivity contribution in [2.45, 2.75) is 64.9 Å². The molecule has 0 fully saturated rings. The zero-order valence-electron chi connectivity index (χ0n) is 20.9. The minimum absolute atomic E-state index is 0.0310. The first-order valence-electron chi connectivity index (χ1n) is 12.0. The molecule has 3 rings (SSSR count). The molecule has 0 aromatic heterocycles. The van der Waals surface area contributed by atoms with Gasteiger partial charge >= 0.3 is 6.09 Å². The van der Waals surface area contributed by atoms with Crippen molar-refractivity contribution in [3.8, 4) is 11.1 Å². The molecule has 0 saturated heterocycles. The van der Waals surface area contributed by atoms with Crippen LogP contribution in [0.2, 0.25) is 0 Å². The van der Waals surface area contributed by atoms with Gasteiger partial charge in [0.05, 0.1) is 5.60 Å². The van der Waals surface area contributed by atoms with Gasteiger partial charge in [0.2, 0.25) is 5.91 Å². The third-order valence-corrected chi connectivity index (χ3v) is 5.57. The molecule has 8 nitrogen and oxygen atoms in total. The van der Waals surface area contributed by atoms with E-state index in [1.54, 1.807) is 20.8 Å². The Hall–Kier alpha value is -3.39. The number of rotatable bonds is 9. The fourth-order valence-corrected chi connectivity index (χ4v) is 4.04. The Morgan fingerprint density at radius 3 is 2.09 bits per heavy atom. The first kappa shape index (κ1) is 26.2. The Kier molecular flexibility index (Phi) is 8.87. The van der Waals surface area contributed by atoms with Crippen molar-refractivity contribution in [2.75, 3.05) is 13.2 Å². The Labute approximate surface area is 206 Å². The lowest BCUT2D eigenvalue weighted by atomic mass is 9.98. The summed E-state index contributed by atoms with van der Waals surface area (Å²) in [5.41, 5.74) is 6.60. The lowest BCUT2D eigenvalue weighted by Crippen LogP contribution is -2.48. The van der Waals surface area contributed by atoms with Gasteiger partial charge < -0.3 is 10.1 Å². The lowest BCUT2D eigenvalue weighted by Gasteiger charge is -2.28. The summed E-state index contributed by atoms with van der Waals surface area (Å²) in [5, 5.41) is 3.66. The number of hydroxylamine groups is 1. The van der Waals surface area contributed by atoms with Crippen molar-refractivity contribution in [3.63, 3.8) is 0 Å². The Morgan fingerprint density at radius 2 is 1.51 bits per heavy atom. The number of unbranched alkanes of at least 4 members (excludes halogenated alkanes) is 2. The van der Waals surface area contributed by atoms with Crippen molar-refractivity contribution >= 4 is 17.9 Å². The molecule has 0 spiro atoms. The molecule has 0 aliphatic heterocycles. The van der Waals surface area contributed by atoms with Crippen LogP contribution in [0.15, 0.2) is 48.5 Å². The highest BCUT2D eigenvalue weighted by Crippen LogP contribution is 2.44. The molecule has 0 radical (unpaired) electrons. The minimum Gasteiger partial charge on any atom is -0.449 e. The zero-order valence-corrected chi connectivity index (χ0v) is 20.9. The molecular formula is C27H35N3O5. The van der Waals surface area contributed by atoms with Crippen LogP contribution in [-0.4, -0.2) is 41.8 Å². The number of amides is 3. The van der Waals surface area contributed by atoms with Gasteiger partial charge in [0, 0.05) is 25.8 Å². The quantitative estimate of drug-likeness (QED) is 0.400. The largest absolute Gasteiger partial charge is 0.449 e. The van der Waals surface area contributed by atoms with Gasteiger partial charge in [-0.25, -0.2) is 15.1 Å². The topological polar surface area (TPSA) is 97.0 Å². The van der Waals surface area contributed by atoms with Gasteiger partial charge in [-0.2, -0.15) is 0 Å². The van der Waals surface area contributed by atoms with Crippen LogP contribution >= 0.6 is 0 Å². The maximum absolute atomic E-state index is 12.2. The van der Waals surface area contributed by atoms with Crippen molar-refractivity contribution in [3.05, 3.63) is 59.7 Å². The Morgan fingerprint density at radius 1 is 0.914 bits per heavy atom. The van der Waals surface area contributed by atoms with E-state index in [1.165, 1.54) is 29.2 Å². The number of benzene rings is 2. The highest BCUT2D eigenvalue weighted by Gasteiger charge is 2.29. The van der Waals surface area contributed by atoms with Gasteiger partial charge in [-0.1, -0.05) is 55.0 Å². The number of carbonyl (C=O) groups excluding carboxylic acids is 3. The molecule has 35 heavy (non-hydrogen) atoms. The first-order valence-corrected chi connectivity index (χ1v) is 12.0. The second-order valence-electron chi connectivity index (χ2n) is 9.62. The van der Waals surface area contributed by atoms with Crippen LogP contribution in [0.4, 0.5) is 4.79 Å². The van der Waals surface area contributed by atoms with E-state index in [1.807, 2.05) is 24.3 Å². The monoisotopic (exact) mass is 481 g/mol. The second-order valence-corrected chi connectivity index (χ2v) is 9.62. The number of carbonyl (C=O) groups is 3. The number of hydrogen-bond acceptors (Lipinski definition) is 5. The van der Waals surface area contributed by atoms with Crippen LogP contribution in [0.1, 0.15) is 70.4 Å². The fourth-order valence-electron chi connectivity index (χ4n) is 4.04. The van der Waals surface area contributed by atoms with E-state index < -0.39 is 17.6 Å². The molecule has 1 aliphatic rings. The smallest absolute Gasteiger partial charge is 0.407 e. The SMILES string of the molecule is CC(=O)N(NC(=O)CCCCCNC(=O)OCC1c2ccccc2-c2ccccc21)OC(C)(C)C. The van der Waals surface area contributed by atoms with Crippen LogP contribution in [-0.2, 0) is 19.2 Å². The summed E-state index contributed by atoms with van der Waals surface area (Å²) in [6, 6.07) is 16.4. The van der Waals surface area contributed by atoms with E-state index in [0.29, 0.717) is 19.4 Å². The molecule has 2 aromatic rings. The van der Waals surface area contributed by atoms with Crippen LogP contribution < -0.4 is 10.7 Å². The maximum atomic E-state index is 12.2. The van der Waals surface area contributed by atoms with Crippen molar-refractivity contribution < 1.29 is 24.0 Å². The minimum atomic E-state index is -0.607. The van der Waals surface area contributed by atoms with Crippen molar-refractivity contribution in [1.82, 2.24) is 15.9 Å². The van der Waals surface area contributed by atoms with Crippen molar-refractivity contribution in [2.24, 2.45) is 0 Å². The van der Waals surface area contributed by atoms with Gasteiger partial charge in [-0.15, -0.1) is 5.17 Å². The predicted octanol–water partition coefficient (Wildman–Crippen LogP) is 4.70. The molecule has 3 amide bonds. The van der Waals surface area contributed by atoms with E-state index in [2.05, 4.69) is 35.0 Å². The zero-order chi connectivity index (χ0) is 25.4. The van der Waals surface area contributed by atoms with Crippen LogP contribution in [0, 0.1) is 0 Å². The van der Waals surface area contributed by atoms with Gasteiger partial charge in [0.15, 0.2) is 0 Å². The van der Waals surface area contributed by atoms with E-state index in [9.17, 15) is 14.4 Å². The molecule has 8 heteroatoms. The summed E-state index contributed by atoms with van der Waals surface area (Å²) in [6.45, 7) is 7.44. The fraction of sp³-hybridized carbons (Fsp3) is 0.444. The van der Waals surface area contributed by atoms with Crippen LogP contribution in [0.25, 0.3) is 11.1 Å². The highest BCUT2D eigenvalue weighted by molar-refractivity contribution is 5.80. The number of fused-ring (bicyclic) bond motifs is 3. The lowest BCUT2D eigenvalue weighted by molar-refractivity contribution is -0.245. The predicted molar refractivity (Wildman–Crippen MR) is 133 cm³/mol. The summed E-state index contributed by atoms with van der Waals surface area (Å²) in [4.78, 5) is 41.4. The standard InChI is InChI=1S/C27H35N3O5/c1-19(31)30(35-27(2,3)4)29-25(32)16-6-5-11-17-28-26(33)34-18-24-22-14-9-7-12-20(22)21-13-8-10-15-23(21)24/h7-10,12-15,24H,5-6,11,16-18H2,1-4H3,(H,28,33)(H,29,32). The normalized spacial score (nSPS) is 12.5. The van der Waals surface area contributed by atoms with Crippen LogP contribution in [0.5, 0.6) is 0 Å². The molecule has 1 aliphatic carbocycles. The van der Waals surface area contributed by atoms with Gasteiger partial charge in [-0.3, -0.25) is 9.59 Å². The average molecular weight is 482 g/mol. The molecule has 2 N–H and O–H groups in total. The highest BCUT2D eigenvalue weighted by atomic mass is 16.7. The number of hydrogen-bond donors (Lipinski definition) is 2. The third kappa shape index (κ3) is 7.55. The Balaban J connectivity index is 1.33. The molecule has 0 unspecified atom stereocenters. The molecular weight excluding hydrogens is 446 g/mol. The molecule has 0 bridgehead atoms. The van der Waals surface area contributed by atoms with Gasteiger partial charge in [0.25, 0.3) is 5.91 Å². The summed E-state index contributed by atoms with van der Waals surface area (Å²) in [5.74, 6) is -0.669. The molecule has 2 aromatic carbocycles. The van der Waals surface area contributed by atoms with Crippen molar-refractivity contribution in [1.29, 1.82) is 0 Å². The number of nitrogens with zero attached hydrogens (tertiary/aromatic N) is 1. The first-order chi connectivity index (χ1) is 16.7. The van der Waals surface area contributed by atoms with E-state index in [0.717, 1.165) is 11.6 Å². The Bertz CT molecular complexity index is 1000. The number of nitrogens with one attached hydrogen (secondary N) is 2. The van der Waals surface area contributed by atoms with E-state index in [-0.39, 0.29) is 24.9 Å². The van der Waals surface area contributed by atoms with Gasteiger partial charge in [-0.05, 0) is 55.9 Å². The molecule has 188 valence electrons. The van der Waals surface area contributed by atoms with E-state index >= 15 is 0 Å². The molecule has 0 atom stereocenters. The van der Waals surface area contributed by atoms with E-state index in [4.69, 9.17) is 9.57 Å². The average Bonchev–Trinajstić information content (AvgIpc) is 3.12. The molecule has 0 saturated carbocycles. The number of ether oxygens (including phenoxy) is 1. The summed E-state index contributed by atoms with van der Waals surface area (Å²) in [7, 11) is 0. The number of alkyl carbamates (subject to hydrolysis) is 1. The number of hydrazine groups is 1. The van der Waals surface area contributed by atoms with Gasteiger partial charge in [0.1, 0.15) is 6.61 Å². The van der Waals surface area contributed by atoms with Crippen LogP contribution in [0.3, 0.4) is 0 Å². The second kappa shape index (κ2) is 11.8. The third-order valence-electron chi connectivity index (χ3n) is 5.57. The maximum Gasteiger partial charge on any atom is 0.407 e. The summed E-state index contributed by atoms with van der Waals surface area (Å²) >= 11 is 0.